The second-order valence-electron chi connectivity index (χ2n) is 6.06. The molecule has 5 nitrogen and oxygen atoms in total. The highest BCUT2D eigenvalue weighted by molar-refractivity contribution is 8.00. The predicted octanol–water partition coefficient (Wildman–Crippen LogP) is 4.20. The zero-order valence-electron chi connectivity index (χ0n) is 15.0. The third-order valence-corrected chi connectivity index (χ3v) is 5.66. The number of amides is 2. The molecular weight excluding hydrogens is 405 g/mol. The van der Waals surface area contributed by atoms with Crippen molar-refractivity contribution in [1.29, 1.82) is 0 Å². The number of hydrogen-bond donors (Lipinski definition) is 2. The van der Waals surface area contributed by atoms with Crippen LogP contribution in [0.2, 0.25) is 10.0 Å². The van der Waals surface area contributed by atoms with Gasteiger partial charge in [-0.2, -0.15) is 0 Å². The third-order valence-electron chi connectivity index (χ3n) is 4.00. The molecule has 3 N–H and O–H groups in total. The molecule has 0 bridgehead atoms. The quantitative estimate of drug-likeness (QED) is 0.621. The molecule has 1 unspecified atom stereocenters. The van der Waals surface area contributed by atoms with Gasteiger partial charge in [0.25, 0.3) is 0 Å². The summed E-state index contributed by atoms with van der Waals surface area (Å²) in [4.78, 5) is 26.2. The number of thioether (sulfide) groups is 1. The third kappa shape index (κ3) is 6.43. The van der Waals surface area contributed by atoms with Crippen molar-refractivity contribution in [3.05, 3.63) is 58.1 Å². The van der Waals surface area contributed by atoms with Gasteiger partial charge in [-0.05, 0) is 43.8 Å². The van der Waals surface area contributed by atoms with Crippen molar-refractivity contribution < 1.29 is 9.59 Å². The van der Waals surface area contributed by atoms with Gasteiger partial charge < -0.3 is 11.1 Å². The number of benzene rings is 2. The summed E-state index contributed by atoms with van der Waals surface area (Å²) in [5.74, 6) is -0.421. The minimum absolute atomic E-state index is 0.0694. The van der Waals surface area contributed by atoms with E-state index < -0.39 is 5.91 Å². The molecule has 2 aromatic carbocycles. The first-order valence-electron chi connectivity index (χ1n) is 8.23. The predicted molar refractivity (Wildman–Crippen MR) is 112 cm³/mol. The minimum atomic E-state index is -0.408. The first-order valence-corrected chi connectivity index (χ1v) is 9.97. The molecule has 0 aliphatic rings. The van der Waals surface area contributed by atoms with Gasteiger partial charge in [-0.15, -0.1) is 11.8 Å². The van der Waals surface area contributed by atoms with E-state index in [0.717, 1.165) is 10.5 Å². The Morgan fingerprint density at radius 1 is 1.22 bits per heavy atom. The lowest BCUT2D eigenvalue weighted by molar-refractivity contribution is -0.117. The fraction of sp³-hybridized carbons (Fsp3) is 0.263. The van der Waals surface area contributed by atoms with Gasteiger partial charge in [-0.1, -0.05) is 41.4 Å². The number of anilines is 1. The summed E-state index contributed by atoms with van der Waals surface area (Å²) in [6.07, 6.45) is 0. The molecule has 0 fully saturated rings. The smallest absolute Gasteiger partial charge is 0.238 e. The highest BCUT2D eigenvalue weighted by Crippen LogP contribution is 2.29. The van der Waals surface area contributed by atoms with Crippen molar-refractivity contribution in [3.63, 3.8) is 0 Å². The van der Waals surface area contributed by atoms with Crippen molar-refractivity contribution >= 4 is 52.5 Å². The van der Waals surface area contributed by atoms with E-state index in [0.29, 0.717) is 15.7 Å². The molecule has 27 heavy (non-hydrogen) atoms. The van der Waals surface area contributed by atoms with Gasteiger partial charge in [-0.3, -0.25) is 14.5 Å². The van der Waals surface area contributed by atoms with Crippen molar-refractivity contribution in [2.24, 2.45) is 5.73 Å². The second-order valence-corrected chi connectivity index (χ2v) is 7.92. The SMILES string of the molecule is CC(c1ccc(Cl)cc1Cl)N(C)CC(=O)Nc1ccccc1SCC(N)=O. The molecule has 144 valence electrons. The van der Waals surface area contributed by atoms with Crippen LogP contribution in [0.25, 0.3) is 0 Å². The molecule has 2 amide bonds. The average molecular weight is 426 g/mol. The Bertz CT molecular complexity index is 832. The Morgan fingerprint density at radius 3 is 2.59 bits per heavy atom. The van der Waals surface area contributed by atoms with Gasteiger partial charge >= 0.3 is 0 Å². The van der Waals surface area contributed by atoms with Crippen LogP contribution in [0.1, 0.15) is 18.5 Å². The standard InChI is InChI=1S/C19H21Cl2N3O2S/c1-12(14-8-7-13(20)9-15(14)21)24(2)10-19(26)23-16-5-3-4-6-17(16)27-11-18(22)25/h3-9,12H,10-11H2,1-2H3,(H2,22,25)(H,23,26). The van der Waals surface area contributed by atoms with Crippen LogP contribution in [-0.2, 0) is 9.59 Å². The molecule has 8 heteroatoms. The van der Waals surface area contributed by atoms with Gasteiger partial charge in [0.1, 0.15) is 0 Å². The Labute approximate surface area is 173 Å². The summed E-state index contributed by atoms with van der Waals surface area (Å²) < 4.78 is 0. The van der Waals surface area contributed by atoms with E-state index in [4.69, 9.17) is 28.9 Å². The van der Waals surface area contributed by atoms with Gasteiger partial charge in [0, 0.05) is 21.0 Å². The summed E-state index contributed by atoms with van der Waals surface area (Å²) in [6.45, 7) is 2.15. The molecule has 0 saturated heterocycles. The summed E-state index contributed by atoms with van der Waals surface area (Å²) in [5.41, 5.74) is 6.74. The van der Waals surface area contributed by atoms with Crippen molar-refractivity contribution in [2.45, 2.75) is 17.9 Å². The Balaban J connectivity index is 2.02. The van der Waals surface area contributed by atoms with E-state index in [2.05, 4.69) is 5.32 Å². The number of rotatable bonds is 8. The van der Waals surface area contributed by atoms with Crippen LogP contribution in [0, 0.1) is 0 Å². The van der Waals surface area contributed by atoms with Crippen molar-refractivity contribution in [1.82, 2.24) is 4.90 Å². The molecule has 0 spiro atoms. The minimum Gasteiger partial charge on any atom is -0.369 e. The Hall–Kier alpha value is -1.73. The molecule has 0 aliphatic heterocycles. The second kappa shape index (κ2) is 9.99. The van der Waals surface area contributed by atoms with Crippen molar-refractivity contribution in [2.75, 3.05) is 24.7 Å². The Kier molecular flexibility index (Phi) is 7.98. The molecule has 0 heterocycles. The number of nitrogens with two attached hydrogens (primary N) is 1. The lowest BCUT2D eigenvalue weighted by Crippen LogP contribution is -2.32. The lowest BCUT2D eigenvalue weighted by atomic mass is 10.1. The maximum atomic E-state index is 12.5. The fourth-order valence-corrected chi connectivity index (χ4v) is 3.79. The summed E-state index contributed by atoms with van der Waals surface area (Å²) in [5, 5.41) is 4.02. The summed E-state index contributed by atoms with van der Waals surface area (Å²) in [6, 6.07) is 12.6. The van der Waals surface area contributed by atoms with Crippen LogP contribution in [0.15, 0.2) is 47.4 Å². The molecule has 0 aliphatic carbocycles. The summed E-state index contributed by atoms with van der Waals surface area (Å²) >= 11 is 13.5. The number of nitrogens with zero attached hydrogens (tertiary/aromatic N) is 1. The number of likely N-dealkylation sites (N-methyl/N-ethyl adjacent to an activating group) is 1. The zero-order valence-corrected chi connectivity index (χ0v) is 17.4. The number of carbonyl (C=O) groups is 2. The maximum absolute atomic E-state index is 12.5. The number of halogens is 2. The molecule has 0 saturated carbocycles. The topological polar surface area (TPSA) is 75.4 Å². The largest absolute Gasteiger partial charge is 0.369 e. The van der Waals surface area contributed by atoms with Crippen LogP contribution >= 0.6 is 35.0 Å². The van der Waals surface area contributed by atoms with E-state index >= 15 is 0 Å². The monoisotopic (exact) mass is 425 g/mol. The number of nitrogens with one attached hydrogen (secondary N) is 1. The number of hydrogen-bond acceptors (Lipinski definition) is 4. The van der Waals surface area contributed by atoms with E-state index in [1.165, 1.54) is 11.8 Å². The number of para-hydroxylation sites is 1. The Morgan fingerprint density at radius 2 is 1.93 bits per heavy atom. The lowest BCUT2D eigenvalue weighted by Gasteiger charge is -2.25. The molecule has 2 rings (SSSR count). The average Bonchev–Trinajstić information content (AvgIpc) is 2.60. The highest BCUT2D eigenvalue weighted by atomic mass is 35.5. The first kappa shape index (κ1) is 21.6. The molecule has 0 radical (unpaired) electrons. The molecular formula is C19H21Cl2N3O2S. The zero-order chi connectivity index (χ0) is 20.0. The van der Waals surface area contributed by atoms with Crippen LogP contribution in [0.4, 0.5) is 5.69 Å². The number of primary amides is 1. The van der Waals surface area contributed by atoms with Crippen LogP contribution < -0.4 is 11.1 Å². The van der Waals surface area contributed by atoms with Crippen LogP contribution in [-0.4, -0.2) is 36.1 Å². The summed E-state index contributed by atoms with van der Waals surface area (Å²) in [7, 11) is 1.85. The molecule has 1 atom stereocenters. The van der Waals surface area contributed by atoms with E-state index in [1.807, 2.05) is 43.1 Å². The van der Waals surface area contributed by atoms with Crippen LogP contribution in [0.3, 0.4) is 0 Å². The molecule has 2 aromatic rings. The maximum Gasteiger partial charge on any atom is 0.238 e. The van der Waals surface area contributed by atoms with E-state index in [1.54, 1.807) is 18.2 Å². The van der Waals surface area contributed by atoms with Gasteiger partial charge in [0.15, 0.2) is 0 Å². The highest BCUT2D eigenvalue weighted by Gasteiger charge is 2.18. The molecule has 0 aromatic heterocycles. The normalized spacial score (nSPS) is 12.0. The van der Waals surface area contributed by atoms with Gasteiger partial charge in [-0.25, -0.2) is 0 Å². The number of carbonyl (C=O) groups excluding carboxylic acids is 2. The van der Waals surface area contributed by atoms with E-state index in [-0.39, 0.29) is 24.2 Å². The van der Waals surface area contributed by atoms with E-state index in [9.17, 15) is 9.59 Å². The van der Waals surface area contributed by atoms with Gasteiger partial charge in [0.05, 0.1) is 18.0 Å². The van der Waals surface area contributed by atoms with Crippen LogP contribution in [0.5, 0.6) is 0 Å². The first-order chi connectivity index (χ1) is 12.8. The fourth-order valence-electron chi connectivity index (χ4n) is 2.48. The van der Waals surface area contributed by atoms with Gasteiger partial charge in [0.2, 0.25) is 11.8 Å². The van der Waals surface area contributed by atoms with Crippen molar-refractivity contribution in [3.8, 4) is 0 Å².